The molecule has 0 saturated heterocycles. The first-order chi connectivity index (χ1) is 17.0. The van der Waals surface area contributed by atoms with Crippen LogP contribution < -0.4 is 19.1 Å². The maximum Gasteiger partial charge on any atom is 0.321 e. The van der Waals surface area contributed by atoms with Gasteiger partial charge in [-0.25, -0.2) is 4.98 Å². The molecule has 0 unspecified atom stereocenters. The number of anilines is 1. The van der Waals surface area contributed by atoms with Crippen LogP contribution in [0.15, 0.2) is 36.4 Å². The quantitative estimate of drug-likeness (QED) is 0.338. The van der Waals surface area contributed by atoms with Crippen molar-refractivity contribution in [1.82, 2.24) is 9.55 Å². The molecule has 0 N–H and O–H groups in total. The Morgan fingerprint density at radius 1 is 1.03 bits per heavy atom. The van der Waals surface area contributed by atoms with E-state index in [-0.39, 0.29) is 19.8 Å². The fourth-order valence-corrected chi connectivity index (χ4v) is 4.52. The zero-order valence-electron chi connectivity index (χ0n) is 20.4. The second-order valence-electron chi connectivity index (χ2n) is 7.89. The monoisotopic (exact) mass is 483 g/mol. The number of aromatic nitrogens is 2. The van der Waals surface area contributed by atoms with E-state index >= 15 is 0 Å². The summed E-state index contributed by atoms with van der Waals surface area (Å²) in [6.45, 7) is 2.36. The van der Waals surface area contributed by atoms with Crippen LogP contribution in [0, 0.1) is 5.92 Å². The van der Waals surface area contributed by atoms with Crippen LogP contribution >= 0.6 is 0 Å². The van der Waals surface area contributed by atoms with E-state index in [1.165, 1.54) is 26.2 Å². The van der Waals surface area contributed by atoms with Crippen molar-refractivity contribution < 1.29 is 33.3 Å². The number of hydrogen-bond donors (Lipinski definition) is 0. The third-order valence-electron chi connectivity index (χ3n) is 6.03. The number of nitrogens with zero attached hydrogens (tertiary/aromatic N) is 3. The summed E-state index contributed by atoms with van der Waals surface area (Å²) in [4.78, 5) is 33.4. The topological polar surface area (TPSA) is 101 Å². The number of hydrogen-bond acceptors (Lipinski definition) is 8. The SMILES string of the molecule is CCOC(=O)[C@@H]1C(=O)N(CCOC)c2nc3ccccc3n2[C@H]1c1cc(OC)c(OC)c(OC)c1. The molecule has 2 heterocycles. The molecule has 3 aromatic rings. The Morgan fingerprint density at radius 3 is 2.31 bits per heavy atom. The molecule has 1 aliphatic heterocycles. The van der Waals surface area contributed by atoms with Crippen LogP contribution in [0.4, 0.5) is 5.95 Å². The Hall–Kier alpha value is -3.79. The minimum Gasteiger partial charge on any atom is -0.493 e. The summed E-state index contributed by atoms with van der Waals surface area (Å²) in [5.74, 6) is -0.559. The van der Waals surface area contributed by atoms with Gasteiger partial charge in [-0.15, -0.1) is 0 Å². The normalized spacial score (nSPS) is 17.3. The average molecular weight is 484 g/mol. The van der Waals surface area contributed by atoms with Gasteiger partial charge in [-0.1, -0.05) is 12.1 Å². The number of benzene rings is 2. The molecule has 0 bridgehead atoms. The molecule has 10 nitrogen and oxygen atoms in total. The van der Waals surface area contributed by atoms with Gasteiger partial charge in [0.2, 0.25) is 17.6 Å². The van der Waals surface area contributed by atoms with E-state index in [2.05, 4.69) is 0 Å². The summed E-state index contributed by atoms with van der Waals surface area (Å²) in [5.41, 5.74) is 2.08. The van der Waals surface area contributed by atoms with Gasteiger partial charge >= 0.3 is 5.97 Å². The van der Waals surface area contributed by atoms with Gasteiger partial charge in [0, 0.05) is 7.11 Å². The maximum atomic E-state index is 13.8. The van der Waals surface area contributed by atoms with Gasteiger partial charge in [-0.05, 0) is 36.8 Å². The minimum absolute atomic E-state index is 0.139. The number of fused-ring (bicyclic) bond motifs is 3. The Kier molecular flexibility index (Phi) is 7.11. The molecule has 0 spiro atoms. The highest BCUT2D eigenvalue weighted by atomic mass is 16.5. The second kappa shape index (κ2) is 10.2. The highest BCUT2D eigenvalue weighted by Gasteiger charge is 2.48. The zero-order chi connectivity index (χ0) is 25.1. The highest BCUT2D eigenvalue weighted by Crippen LogP contribution is 2.46. The van der Waals surface area contributed by atoms with Crippen molar-refractivity contribution in [3.63, 3.8) is 0 Å². The number of carbonyl (C=O) groups excluding carboxylic acids is 2. The van der Waals surface area contributed by atoms with Gasteiger partial charge in [-0.2, -0.15) is 0 Å². The summed E-state index contributed by atoms with van der Waals surface area (Å²) >= 11 is 0. The summed E-state index contributed by atoms with van der Waals surface area (Å²) < 4.78 is 29.1. The van der Waals surface area contributed by atoms with Crippen molar-refractivity contribution in [2.75, 3.05) is 53.1 Å². The third kappa shape index (κ3) is 4.14. The summed E-state index contributed by atoms with van der Waals surface area (Å²) in [6.07, 6.45) is 0. The number of imidazole rings is 1. The number of esters is 1. The number of carbonyl (C=O) groups is 2. The van der Waals surface area contributed by atoms with Crippen LogP contribution in [-0.4, -0.2) is 69.6 Å². The van der Waals surface area contributed by atoms with Gasteiger partial charge in [0.05, 0.1) is 58.2 Å². The van der Waals surface area contributed by atoms with Crippen LogP contribution in [0.5, 0.6) is 17.2 Å². The van der Waals surface area contributed by atoms with Crippen molar-refractivity contribution in [2.24, 2.45) is 5.92 Å². The predicted molar refractivity (Wildman–Crippen MR) is 128 cm³/mol. The maximum absolute atomic E-state index is 13.8. The lowest BCUT2D eigenvalue weighted by Gasteiger charge is -2.38. The largest absolute Gasteiger partial charge is 0.493 e. The Labute approximate surface area is 203 Å². The third-order valence-corrected chi connectivity index (χ3v) is 6.03. The number of amides is 1. The van der Waals surface area contributed by atoms with Crippen LogP contribution in [0.2, 0.25) is 0 Å². The summed E-state index contributed by atoms with van der Waals surface area (Å²) in [5, 5.41) is 0. The van der Waals surface area contributed by atoms with E-state index in [0.717, 1.165) is 5.52 Å². The lowest BCUT2D eigenvalue weighted by molar-refractivity contribution is -0.153. The van der Waals surface area contributed by atoms with Crippen molar-refractivity contribution in [3.8, 4) is 17.2 Å². The molecule has 35 heavy (non-hydrogen) atoms. The Morgan fingerprint density at radius 2 is 1.71 bits per heavy atom. The molecule has 0 saturated carbocycles. The molecule has 2 aromatic carbocycles. The van der Waals surface area contributed by atoms with Crippen molar-refractivity contribution >= 4 is 28.9 Å². The molecule has 10 heteroatoms. The predicted octanol–water partition coefficient (Wildman–Crippen LogP) is 2.82. The number of methoxy groups -OCH3 is 4. The van der Waals surface area contributed by atoms with Crippen LogP contribution in [0.3, 0.4) is 0 Å². The first-order valence-electron chi connectivity index (χ1n) is 11.2. The van der Waals surface area contributed by atoms with E-state index < -0.39 is 23.8 Å². The van der Waals surface area contributed by atoms with Crippen molar-refractivity contribution in [2.45, 2.75) is 13.0 Å². The van der Waals surface area contributed by atoms with Crippen LogP contribution in [0.25, 0.3) is 11.0 Å². The summed E-state index contributed by atoms with van der Waals surface area (Å²) in [6, 6.07) is 10.3. The molecule has 4 rings (SSSR count). The van der Waals surface area contributed by atoms with Crippen LogP contribution in [-0.2, 0) is 19.1 Å². The standard InChI is InChI=1S/C25H29N3O7/c1-6-35-24(30)20-21(15-13-18(32-3)22(34-5)19(14-15)33-4)28-17-10-8-7-9-16(17)26-25(28)27(23(20)29)11-12-31-2/h7-10,13-14,20-21H,6,11-12H2,1-5H3/t20-,21-/m0/s1. The molecular formula is C25H29N3O7. The van der Waals surface area contributed by atoms with E-state index in [9.17, 15) is 9.59 Å². The minimum atomic E-state index is -1.17. The number of rotatable bonds is 9. The molecule has 186 valence electrons. The molecule has 1 amide bonds. The lowest BCUT2D eigenvalue weighted by atomic mass is 9.89. The zero-order valence-corrected chi connectivity index (χ0v) is 20.4. The lowest BCUT2D eigenvalue weighted by Crippen LogP contribution is -2.51. The first kappa shape index (κ1) is 24.3. The second-order valence-corrected chi connectivity index (χ2v) is 7.89. The number of para-hydroxylation sites is 2. The first-order valence-corrected chi connectivity index (χ1v) is 11.2. The molecule has 0 aliphatic carbocycles. The summed E-state index contributed by atoms with van der Waals surface area (Å²) in [7, 11) is 6.10. The molecule has 0 radical (unpaired) electrons. The Bertz CT molecular complexity index is 1210. The molecular weight excluding hydrogens is 454 g/mol. The van der Waals surface area contributed by atoms with Gasteiger partial charge in [0.1, 0.15) is 0 Å². The smallest absolute Gasteiger partial charge is 0.321 e. The molecule has 2 atom stereocenters. The van der Waals surface area contributed by atoms with Crippen molar-refractivity contribution in [1.29, 1.82) is 0 Å². The fraction of sp³-hybridized carbons (Fsp3) is 0.400. The van der Waals surface area contributed by atoms with Gasteiger partial charge in [0.25, 0.3) is 0 Å². The average Bonchev–Trinajstić information content (AvgIpc) is 3.25. The van der Waals surface area contributed by atoms with Gasteiger partial charge < -0.3 is 28.3 Å². The van der Waals surface area contributed by atoms with E-state index in [4.69, 9.17) is 28.7 Å². The number of ether oxygens (including phenoxy) is 5. The Balaban J connectivity index is 2.03. The molecule has 0 fully saturated rings. The van der Waals surface area contributed by atoms with E-state index in [0.29, 0.717) is 34.3 Å². The van der Waals surface area contributed by atoms with E-state index in [1.54, 1.807) is 26.2 Å². The van der Waals surface area contributed by atoms with E-state index in [1.807, 2.05) is 28.8 Å². The van der Waals surface area contributed by atoms with Gasteiger partial charge in [0.15, 0.2) is 17.4 Å². The van der Waals surface area contributed by atoms with Crippen molar-refractivity contribution in [3.05, 3.63) is 42.0 Å². The molecule has 1 aromatic heterocycles. The molecule has 1 aliphatic rings. The van der Waals surface area contributed by atoms with Crippen LogP contribution in [0.1, 0.15) is 18.5 Å². The highest BCUT2D eigenvalue weighted by molar-refractivity contribution is 6.08. The van der Waals surface area contributed by atoms with Gasteiger partial charge in [-0.3, -0.25) is 14.5 Å². The fourth-order valence-electron chi connectivity index (χ4n) is 4.52.